The van der Waals surface area contributed by atoms with Crippen molar-refractivity contribution in [3.05, 3.63) is 46.9 Å². The number of hydrogen-bond acceptors (Lipinski definition) is 5. The summed E-state index contributed by atoms with van der Waals surface area (Å²) in [6.45, 7) is 1.94. The monoisotopic (exact) mass is 309 g/mol. The Morgan fingerprint density at radius 1 is 1.48 bits per heavy atom. The second-order valence-corrected chi connectivity index (χ2v) is 4.53. The van der Waals surface area contributed by atoms with E-state index in [0.29, 0.717) is 11.5 Å². The summed E-state index contributed by atoms with van der Waals surface area (Å²) in [5, 5.41) is 3.09. The Morgan fingerprint density at radius 3 is 2.90 bits per heavy atom. The molecule has 0 bridgehead atoms. The van der Waals surface area contributed by atoms with Gasteiger partial charge in [0.05, 0.1) is 34.8 Å². The molecule has 5 nitrogen and oxygen atoms in total. The number of aromatic nitrogens is 1. The summed E-state index contributed by atoms with van der Waals surface area (Å²) in [4.78, 5) is 15.8. The van der Waals surface area contributed by atoms with Gasteiger partial charge in [-0.25, -0.2) is 14.2 Å². The molecular formula is C14H13ClFN3O2. The number of halogens is 2. The third-order valence-electron chi connectivity index (χ3n) is 2.62. The average molecular weight is 310 g/mol. The van der Waals surface area contributed by atoms with Crippen LogP contribution in [0.4, 0.5) is 21.6 Å². The number of hydrogen-bond donors (Lipinski definition) is 2. The maximum Gasteiger partial charge on any atom is 0.340 e. The molecule has 0 amide bonds. The van der Waals surface area contributed by atoms with E-state index in [1.165, 1.54) is 30.5 Å². The van der Waals surface area contributed by atoms with Gasteiger partial charge in [-0.1, -0.05) is 11.6 Å². The Morgan fingerprint density at radius 2 is 2.24 bits per heavy atom. The van der Waals surface area contributed by atoms with Crippen LogP contribution in [0.2, 0.25) is 5.02 Å². The number of nitrogen functional groups attached to an aromatic ring is 1. The molecule has 0 saturated carbocycles. The molecule has 0 radical (unpaired) electrons. The molecule has 0 saturated heterocycles. The lowest BCUT2D eigenvalue weighted by molar-refractivity contribution is 0.0527. The van der Waals surface area contributed by atoms with Crippen LogP contribution in [0.25, 0.3) is 0 Å². The van der Waals surface area contributed by atoms with Gasteiger partial charge in [0.15, 0.2) is 0 Å². The van der Waals surface area contributed by atoms with Crippen LogP contribution in [-0.2, 0) is 4.74 Å². The van der Waals surface area contributed by atoms with Gasteiger partial charge in [0.1, 0.15) is 11.6 Å². The van der Waals surface area contributed by atoms with E-state index in [4.69, 9.17) is 22.1 Å². The predicted octanol–water partition coefficient (Wildman–Crippen LogP) is 3.38. The fraction of sp³-hybridized carbons (Fsp3) is 0.143. The molecular weight excluding hydrogens is 297 g/mol. The Bertz CT molecular complexity index is 679. The molecule has 0 fully saturated rings. The molecule has 0 spiro atoms. The maximum absolute atomic E-state index is 13.0. The van der Waals surface area contributed by atoms with Gasteiger partial charge in [-0.2, -0.15) is 0 Å². The van der Waals surface area contributed by atoms with Crippen LogP contribution in [-0.4, -0.2) is 17.6 Å². The number of rotatable bonds is 4. The number of carbonyl (C=O) groups is 1. The fourth-order valence-corrected chi connectivity index (χ4v) is 1.86. The molecule has 0 unspecified atom stereocenters. The lowest BCUT2D eigenvalue weighted by Gasteiger charge is -2.10. The molecule has 3 N–H and O–H groups in total. The van der Waals surface area contributed by atoms with E-state index in [1.807, 2.05) is 0 Å². The van der Waals surface area contributed by atoms with Crippen LogP contribution >= 0.6 is 11.6 Å². The number of nitrogens with one attached hydrogen (secondary N) is 1. The van der Waals surface area contributed by atoms with Crippen LogP contribution in [0.15, 0.2) is 30.5 Å². The molecule has 2 aromatic rings. The molecule has 0 aliphatic carbocycles. The van der Waals surface area contributed by atoms with Crippen molar-refractivity contribution >= 4 is 34.8 Å². The van der Waals surface area contributed by atoms with Gasteiger partial charge < -0.3 is 15.8 Å². The minimum atomic E-state index is -0.536. The van der Waals surface area contributed by atoms with Crippen molar-refractivity contribution in [1.82, 2.24) is 4.98 Å². The lowest BCUT2D eigenvalue weighted by atomic mass is 10.2. The minimum Gasteiger partial charge on any atom is -0.462 e. The van der Waals surface area contributed by atoms with Crippen molar-refractivity contribution in [2.45, 2.75) is 6.92 Å². The second kappa shape index (κ2) is 6.41. The first-order valence-electron chi connectivity index (χ1n) is 6.16. The summed E-state index contributed by atoms with van der Waals surface area (Å²) in [5.41, 5.74) is 6.57. The molecule has 7 heteroatoms. The third kappa shape index (κ3) is 3.61. The first kappa shape index (κ1) is 15.1. The number of ether oxygens (including phenoxy) is 1. The molecule has 110 valence electrons. The van der Waals surface area contributed by atoms with E-state index < -0.39 is 11.8 Å². The van der Waals surface area contributed by atoms with Crippen molar-refractivity contribution in [3.8, 4) is 0 Å². The van der Waals surface area contributed by atoms with Crippen LogP contribution < -0.4 is 11.1 Å². The first-order valence-corrected chi connectivity index (χ1v) is 6.53. The van der Waals surface area contributed by atoms with Crippen molar-refractivity contribution in [1.29, 1.82) is 0 Å². The molecule has 1 aromatic heterocycles. The van der Waals surface area contributed by atoms with Crippen LogP contribution in [0.5, 0.6) is 0 Å². The molecule has 0 aliphatic rings. The number of anilines is 3. The van der Waals surface area contributed by atoms with Gasteiger partial charge in [0.2, 0.25) is 0 Å². The largest absolute Gasteiger partial charge is 0.462 e. The van der Waals surface area contributed by atoms with Crippen LogP contribution in [0.3, 0.4) is 0 Å². The molecule has 0 aliphatic heterocycles. The Kier molecular flexibility index (Phi) is 4.59. The number of esters is 1. The summed E-state index contributed by atoms with van der Waals surface area (Å²) < 4.78 is 17.9. The van der Waals surface area contributed by atoms with Crippen molar-refractivity contribution < 1.29 is 13.9 Å². The SMILES string of the molecule is CCOC(=O)c1cc(Nc2ccc(F)cc2Cl)ncc1N. The maximum atomic E-state index is 13.0. The third-order valence-corrected chi connectivity index (χ3v) is 2.94. The number of nitrogens with zero attached hydrogens (tertiary/aromatic N) is 1. The number of carbonyl (C=O) groups excluding carboxylic acids is 1. The van der Waals surface area contributed by atoms with Crippen molar-refractivity contribution in [2.75, 3.05) is 17.7 Å². The van der Waals surface area contributed by atoms with Crippen molar-refractivity contribution in [2.24, 2.45) is 0 Å². The van der Waals surface area contributed by atoms with Crippen LogP contribution in [0.1, 0.15) is 17.3 Å². The van der Waals surface area contributed by atoms with Gasteiger partial charge in [-0.15, -0.1) is 0 Å². The summed E-state index contributed by atoms with van der Waals surface area (Å²) in [7, 11) is 0. The Balaban J connectivity index is 2.28. The van der Waals surface area contributed by atoms with Gasteiger partial charge >= 0.3 is 5.97 Å². The number of benzene rings is 1. The smallest absolute Gasteiger partial charge is 0.340 e. The zero-order valence-corrected chi connectivity index (χ0v) is 11.9. The minimum absolute atomic E-state index is 0.200. The highest BCUT2D eigenvalue weighted by Crippen LogP contribution is 2.26. The number of nitrogens with two attached hydrogens (primary N) is 1. The summed E-state index contributed by atoms with van der Waals surface area (Å²) >= 11 is 5.92. The van der Waals surface area contributed by atoms with E-state index in [1.54, 1.807) is 6.92 Å². The molecule has 1 aromatic carbocycles. The average Bonchev–Trinajstić information content (AvgIpc) is 2.44. The topological polar surface area (TPSA) is 77.2 Å². The molecule has 2 rings (SSSR count). The van der Waals surface area contributed by atoms with Gasteiger partial charge in [0, 0.05) is 0 Å². The Labute approximate surface area is 125 Å². The predicted molar refractivity (Wildman–Crippen MR) is 79.3 cm³/mol. The molecule has 1 heterocycles. The fourth-order valence-electron chi connectivity index (χ4n) is 1.65. The Hall–Kier alpha value is -2.34. The first-order chi connectivity index (χ1) is 10.0. The molecule has 21 heavy (non-hydrogen) atoms. The van der Waals surface area contributed by atoms with E-state index in [0.717, 1.165) is 0 Å². The highest BCUT2D eigenvalue weighted by atomic mass is 35.5. The summed E-state index contributed by atoms with van der Waals surface area (Å²) in [6.07, 6.45) is 1.34. The number of pyridine rings is 1. The molecule has 0 atom stereocenters. The highest BCUT2D eigenvalue weighted by Gasteiger charge is 2.13. The highest BCUT2D eigenvalue weighted by molar-refractivity contribution is 6.33. The lowest BCUT2D eigenvalue weighted by Crippen LogP contribution is -2.09. The van der Waals surface area contributed by atoms with Crippen LogP contribution in [0, 0.1) is 5.82 Å². The zero-order valence-electron chi connectivity index (χ0n) is 11.2. The van der Waals surface area contributed by atoms with E-state index in [-0.39, 0.29) is 22.9 Å². The standard InChI is InChI=1S/C14H13ClFN3O2/c1-2-21-14(20)9-6-13(18-7-11(9)17)19-12-4-3-8(16)5-10(12)15/h3-7H,2,17H2,1H3,(H,18,19). The summed E-state index contributed by atoms with van der Waals surface area (Å²) in [6, 6.07) is 5.36. The van der Waals surface area contributed by atoms with Gasteiger partial charge in [-0.3, -0.25) is 0 Å². The quantitative estimate of drug-likeness (QED) is 0.847. The summed E-state index contributed by atoms with van der Waals surface area (Å²) in [5.74, 6) is -0.630. The second-order valence-electron chi connectivity index (χ2n) is 4.13. The normalized spacial score (nSPS) is 10.2. The zero-order chi connectivity index (χ0) is 15.4. The van der Waals surface area contributed by atoms with E-state index in [2.05, 4.69) is 10.3 Å². The van der Waals surface area contributed by atoms with Crippen molar-refractivity contribution in [3.63, 3.8) is 0 Å². The van der Waals surface area contributed by atoms with Gasteiger partial charge in [0.25, 0.3) is 0 Å². The van der Waals surface area contributed by atoms with E-state index in [9.17, 15) is 9.18 Å². The van der Waals surface area contributed by atoms with Gasteiger partial charge in [-0.05, 0) is 31.2 Å². The van der Waals surface area contributed by atoms with E-state index >= 15 is 0 Å².